The molecule has 28 heavy (non-hydrogen) atoms. The molecule has 0 aliphatic heterocycles. The summed E-state index contributed by atoms with van der Waals surface area (Å²) in [6.45, 7) is 14.4. The smallest absolute Gasteiger partial charge is 0.317 e. The molecule has 3 nitrogen and oxygen atoms in total. The minimum atomic E-state index is -0.433. The van der Waals surface area contributed by atoms with Gasteiger partial charge in [-0.1, -0.05) is 52.0 Å². The largest absolute Gasteiger partial charge is 0.491 e. The van der Waals surface area contributed by atoms with Crippen LogP contribution in [0.5, 0.6) is 11.5 Å². The summed E-state index contributed by atoms with van der Waals surface area (Å²) in [6.07, 6.45) is 1.70. The van der Waals surface area contributed by atoms with E-state index in [0.717, 1.165) is 18.6 Å². The van der Waals surface area contributed by atoms with E-state index in [0.29, 0.717) is 5.75 Å². The van der Waals surface area contributed by atoms with Crippen molar-refractivity contribution in [2.75, 3.05) is 0 Å². The fourth-order valence-corrected chi connectivity index (χ4v) is 3.10. The maximum atomic E-state index is 12.5. The Balaban J connectivity index is 2.16. The summed E-state index contributed by atoms with van der Waals surface area (Å²) >= 11 is 0. The van der Waals surface area contributed by atoms with Gasteiger partial charge in [0.15, 0.2) is 0 Å². The molecule has 0 N–H and O–H groups in total. The molecule has 2 rings (SSSR count). The SMILES string of the molecule is CCC(C)(CC)C(=O)Oc1ccc(C(C)(C)c2ccc(OC(C)C)cc2)cc1. The topological polar surface area (TPSA) is 35.5 Å². The van der Waals surface area contributed by atoms with Gasteiger partial charge in [-0.05, 0) is 69.0 Å². The zero-order chi connectivity index (χ0) is 20.9. The van der Waals surface area contributed by atoms with Gasteiger partial charge >= 0.3 is 5.97 Å². The Bertz CT molecular complexity index is 766. The highest BCUT2D eigenvalue weighted by molar-refractivity contribution is 5.78. The lowest BCUT2D eigenvalue weighted by molar-refractivity contribution is -0.145. The standard InChI is InChI=1S/C25H34O3/c1-8-25(7,9-2)23(26)28-22-16-12-20(13-17-22)24(5,6)19-10-14-21(15-11-19)27-18(3)4/h10-18H,8-9H2,1-7H3. The fraction of sp³-hybridized carbons (Fsp3) is 0.480. The van der Waals surface area contributed by atoms with Gasteiger partial charge in [0, 0.05) is 5.41 Å². The van der Waals surface area contributed by atoms with Crippen LogP contribution in [0.4, 0.5) is 0 Å². The normalized spacial score (nSPS) is 12.1. The number of ether oxygens (including phenoxy) is 2. The molecular weight excluding hydrogens is 348 g/mol. The van der Waals surface area contributed by atoms with E-state index in [1.807, 2.05) is 71.0 Å². The first kappa shape index (κ1) is 22.0. The zero-order valence-electron chi connectivity index (χ0n) is 18.3. The van der Waals surface area contributed by atoms with E-state index in [1.165, 1.54) is 11.1 Å². The molecule has 0 bridgehead atoms. The van der Waals surface area contributed by atoms with Crippen LogP contribution in [0.15, 0.2) is 48.5 Å². The molecule has 0 aliphatic rings. The van der Waals surface area contributed by atoms with Crippen molar-refractivity contribution in [2.24, 2.45) is 5.41 Å². The van der Waals surface area contributed by atoms with E-state index in [9.17, 15) is 4.79 Å². The minimum Gasteiger partial charge on any atom is -0.491 e. The molecule has 152 valence electrons. The maximum Gasteiger partial charge on any atom is 0.317 e. The van der Waals surface area contributed by atoms with Crippen LogP contribution in [0.3, 0.4) is 0 Å². The van der Waals surface area contributed by atoms with Crippen molar-refractivity contribution in [2.45, 2.75) is 72.8 Å². The molecule has 0 saturated carbocycles. The molecule has 3 heteroatoms. The number of hydrogen-bond donors (Lipinski definition) is 0. The predicted molar refractivity (Wildman–Crippen MR) is 115 cm³/mol. The summed E-state index contributed by atoms with van der Waals surface area (Å²) in [4.78, 5) is 12.5. The highest BCUT2D eigenvalue weighted by atomic mass is 16.5. The average Bonchev–Trinajstić information content (AvgIpc) is 2.67. The molecule has 0 radical (unpaired) electrons. The van der Waals surface area contributed by atoms with Crippen molar-refractivity contribution in [3.8, 4) is 11.5 Å². The molecule has 0 aliphatic carbocycles. The van der Waals surface area contributed by atoms with Crippen LogP contribution in [-0.2, 0) is 10.2 Å². The number of carbonyl (C=O) groups is 1. The van der Waals surface area contributed by atoms with Gasteiger partial charge in [-0.3, -0.25) is 4.79 Å². The average molecular weight is 383 g/mol. The Labute approximate surface area is 170 Å². The van der Waals surface area contributed by atoms with Crippen LogP contribution in [0.25, 0.3) is 0 Å². The molecule has 2 aromatic carbocycles. The van der Waals surface area contributed by atoms with Gasteiger partial charge in [0.05, 0.1) is 11.5 Å². The van der Waals surface area contributed by atoms with Gasteiger partial charge in [-0.15, -0.1) is 0 Å². The number of carbonyl (C=O) groups excluding carboxylic acids is 1. The summed E-state index contributed by atoms with van der Waals surface area (Å²) in [5, 5.41) is 0. The summed E-state index contributed by atoms with van der Waals surface area (Å²) in [5.41, 5.74) is 1.77. The van der Waals surface area contributed by atoms with Crippen molar-refractivity contribution in [1.29, 1.82) is 0 Å². The Morgan fingerprint density at radius 1 is 0.821 bits per heavy atom. The first-order valence-electron chi connectivity index (χ1n) is 10.2. The number of rotatable bonds is 8. The van der Waals surface area contributed by atoms with Crippen LogP contribution < -0.4 is 9.47 Å². The summed E-state index contributed by atoms with van der Waals surface area (Å²) in [7, 11) is 0. The second-order valence-corrected chi connectivity index (χ2v) is 8.50. The Hall–Kier alpha value is -2.29. The number of benzene rings is 2. The quantitative estimate of drug-likeness (QED) is 0.384. The summed E-state index contributed by atoms with van der Waals surface area (Å²) in [6, 6.07) is 16.1. The molecule has 0 aromatic heterocycles. The van der Waals surface area contributed by atoms with Crippen molar-refractivity contribution < 1.29 is 14.3 Å². The van der Waals surface area contributed by atoms with Gasteiger partial charge in [-0.25, -0.2) is 0 Å². The third kappa shape index (κ3) is 4.95. The Morgan fingerprint density at radius 2 is 1.25 bits per heavy atom. The van der Waals surface area contributed by atoms with E-state index in [-0.39, 0.29) is 17.5 Å². The lowest BCUT2D eigenvalue weighted by Gasteiger charge is -2.27. The third-order valence-electron chi connectivity index (χ3n) is 5.79. The molecule has 0 heterocycles. The van der Waals surface area contributed by atoms with Crippen molar-refractivity contribution >= 4 is 5.97 Å². The van der Waals surface area contributed by atoms with Gasteiger partial charge < -0.3 is 9.47 Å². The molecule has 0 fully saturated rings. The lowest BCUT2D eigenvalue weighted by atomic mass is 9.78. The fourth-order valence-electron chi connectivity index (χ4n) is 3.10. The van der Waals surface area contributed by atoms with E-state index in [4.69, 9.17) is 9.47 Å². The van der Waals surface area contributed by atoms with Gasteiger partial charge in [-0.2, -0.15) is 0 Å². The second kappa shape index (κ2) is 8.81. The molecule has 0 unspecified atom stereocenters. The van der Waals surface area contributed by atoms with E-state index < -0.39 is 5.41 Å². The summed E-state index contributed by atoms with van der Waals surface area (Å²) < 4.78 is 11.4. The predicted octanol–water partition coefficient (Wildman–Crippen LogP) is 6.53. The molecule has 0 atom stereocenters. The highest BCUT2D eigenvalue weighted by Gasteiger charge is 2.31. The third-order valence-corrected chi connectivity index (χ3v) is 5.79. The minimum absolute atomic E-state index is 0.162. The van der Waals surface area contributed by atoms with Crippen LogP contribution in [0, 0.1) is 5.41 Å². The number of esters is 1. The van der Waals surface area contributed by atoms with Crippen molar-refractivity contribution in [1.82, 2.24) is 0 Å². The first-order valence-corrected chi connectivity index (χ1v) is 10.2. The molecule has 2 aromatic rings. The van der Waals surface area contributed by atoms with E-state index in [1.54, 1.807) is 0 Å². The van der Waals surface area contributed by atoms with E-state index >= 15 is 0 Å². The molecule has 0 amide bonds. The maximum absolute atomic E-state index is 12.5. The molecule has 0 saturated heterocycles. The Kier molecular flexibility index (Phi) is 6.92. The molecule has 0 spiro atoms. The van der Waals surface area contributed by atoms with Crippen LogP contribution >= 0.6 is 0 Å². The van der Waals surface area contributed by atoms with Gasteiger partial charge in [0.1, 0.15) is 11.5 Å². The monoisotopic (exact) mass is 382 g/mol. The molecular formula is C25H34O3. The highest BCUT2D eigenvalue weighted by Crippen LogP contribution is 2.34. The van der Waals surface area contributed by atoms with Crippen LogP contribution in [0.2, 0.25) is 0 Å². The lowest BCUT2D eigenvalue weighted by Crippen LogP contribution is -2.30. The Morgan fingerprint density at radius 3 is 1.64 bits per heavy atom. The van der Waals surface area contributed by atoms with Gasteiger partial charge in [0.25, 0.3) is 0 Å². The zero-order valence-corrected chi connectivity index (χ0v) is 18.3. The second-order valence-electron chi connectivity index (χ2n) is 8.50. The van der Waals surface area contributed by atoms with Crippen molar-refractivity contribution in [3.63, 3.8) is 0 Å². The first-order chi connectivity index (χ1) is 13.1. The van der Waals surface area contributed by atoms with Crippen molar-refractivity contribution in [3.05, 3.63) is 59.7 Å². The van der Waals surface area contributed by atoms with Gasteiger partial charge in [0.2, 0.25) is 0 Å². The summed E-state index contributed by atoms with van der Waals surface area (Å²) in [5.74, 6) is 1.32. The van der Waals surface area contributed by atoms with Crippen LogP contribution in [0.1, 0.15) is 72.4 Å². The van der Waals surface area contributed by atoms with Crippen LogP contribution in [-0.4, -0.2) is 12.1 Å². The number of hydrogen-bond acceptors (Lipinski definition) is 3. The van der Waals surface area contributed by atoms with E-state index in [2.05, 4.69) is 26.0 Å².